The van der Waals surface area contributed by atoms with Crippen LogP contribution in [0.4, 0.5) is 0 Å². The Hall–Kier alpha value is -1.95. The number of rotatable bonds is 6. The van der Waals surface area contributed by atoms with E-state index in [2.05, 4.69) is 5.32 Å². The third-order valence-corrected chi connectivity index (χ3v) is 2.95. The number of esters is 1. The van der Waals surface area contributed by atoms with Crippen molar-refractivity contribution in [2.75, 3.05) is 20.8 Å². The van der Waals surface area contributed by atoms with Gasteiger partial charge in [-0.3, -0.25) is 4.79 Å². The van der Waals surface area contributed by atoms with Crippen molar-refractivity contribution in [1.29, 1.82) is 0 Å². The predicted molar refractivity (Wildman–Crippen MR) is 78.1 cm³/mol. The molecule has 0 radical (unpaired) electrons. The molecule has 21 heavy (non-hydrogen) atoms. The van der Waals surface area contributed by atoms with E-state index in [9.17, 15) is 9.59 Å². The molecule has 0 saturated carbocycles. The molecule has 0 unspecified atom stereocenters. The second-order valence-corrected chi connectivity index (χ2v) is 4.54. The molecule has 0 bridgehead atoms. The highest BCUT2D eigenvalue weighted by atomic mass is 35.5. The SMILES string of the molecule is CCNC(=O)[C@H](C)OC(=O)c1cc(Cl)c(OC)c(OC)c1. The van der Waals surface area contributed by atoms with Crippen LogP contribution < -0.4 is 14.8 Å². The first kappa shape index (κ1) is 17.1. The number of benzene rings is 1. The van der Waals surface area contributed by atoms with Crippen molar-refractivity contribution in [3.05, 3.63) is 22.7 Å². The van der Waals surface area contributed by atoms with Crippen molar-refractivity contribution in [3.63, 3.8) is 0 Å². The molecule has 0 heterocycles. The van der Waals surface area contributed by atoms with Crippen molar-refractivity contribution in [2.45, 2.75) is 20.0 Å². The minimum Gasteiger partial charge on any atom is -0.493 e. The fraction of sp³-hybridized carbons (Fsp3) is 0.429. The first-order valence-electron chi connectivity index (χ1n) is 6.34. The fourth-order valence-electron chi connectivity index (χ4n) is 1.64. The normalized spacial score (nSPS) is 11.5. The van der Waals surface area contributed by atoms with Crippen LogP contribution >= 0.6 is 11.6 Å². The Bertz CT molecular complexity index is 532. The maximum Gasteiger partial charge on any atom is 0.339 e. The molecule has 0 aliphatic rings. The topological polar surface area (TPSA) is 73.9 Å². The molecule has 1 rings (SSSR count). The summed E-state index contributed by atoms with van der Waals surface area (Å²) in [6.45, 7) is 3.73. The summed E-state index contributed by atoms with van der Waals surface area (Å²) in [7, 11) is 2.87. The van der Waals surface area contributed by atoms with Crippen molar-refractivity contribution in [3.8, 4) is 11.5 Å². The lowest BCUT2D eigenvalue weighted by Crippen LogP contribution is -2.35. The lowest BCUT2D eigenvalue weighted by Gasteiger charge is -2.14. The van der Waals surface area contributed by atoms with Crippen LogP contribution in [0.1, 0.15) is 24.2 Å². The number of carbonyl (C=O) groups excluding carboxylic acids is 2. The Morgan fingerprint density at radius 2 is 1.95 bits per heavy atom. The van der Waals surface area contributed by atoms with E-state index in [1.54, 1.807) is 6.92 Å². The Labute approximate surface area is 128 Å². The number of likely N-dealkylation sites (N-methyl/N-ethyl adjacent to an activating group) is 1. The van der Waals surface area contributed by atoms with Gasteiger partial charge in [-0.25, -0.2) is 4.79 Å². The smallest absolute Gasteiger partial charge is 0.339 e. The molecule has 1 atom stereocenters. The van der Waals surface area contributed by atoms with Crippen LogP contribution in [0.25, 0.3) is 0 Å². The lowest BCUT2D eigenvalue weighted by molar-refractivity contribution is -0.128. The van der Waals surface area contributed by atoms with E-state index in [1.807, 2.05) is 0 Å². The lowest BCUT2D eigenvalue weighted by atomic mass is 10.2. The molecule has 0 aliphatic carbocycles. The largest absolute Gasteiger partial charge is 0.493 e. The van der Waals surface area contributed by atoms with E-state index in [-0.39, 0.29) is 16.5 Å². The van der Waals surface area contributed by atoms with E-state index >= 15 is 0 Å². The second kappa shape index (κ2) is 7.73. The minimum atomic E-state index is -0.899. The van der Waals surface area contributed by atoms with Gasteiger partial charge in [0.1, 0.15) is 0 Å². The molecule has 0 spiro atoms. The summed E-state index contributed by atoms with van der Waals surface area (Å²) in [5.74, 6) is -0.399. The summed E-state index contributed by atoms with van der Waals surface area (Å²) in [4.78, 5) is 23.6. The number of amides is 1. The minimum absolute atomic E-state index is 0.175. The third-order valence-electron chi connectivity index (χ3n) is 2.67. The number of halogens is 1. The van der Waals surface area contributed by atoms with E-state index in [4.69, 9.17) is 25.8 Å². The molecule has 6 nitrogen and oxygen atoms in total. The van der Waals surface area contributed by atoms with Gasteiger partial charge in [0.05, 0.1) is 24.8 Å². The summed E-state index contributed by atoms with van der Waals surface area (Å²) < 4.78 is 15.3. The molecule has 7 heteroatoms. The molecule has 0 aromatic heterocycles. The van der Waals surface area contributed by atoms with Crippen LogP contribution in [0.2, 0.25) is 5.02 Å². The van der Waals surface area contributed by atoms with Gasteiger partial charge in [0.2, 0.25) is 0 Å². The average molecular weight is 316 g/mol. The van der Waals surface area contributed by atoms with E-state index in [1.165, 1.54) is 33.3 Å². The molecular formula is C14H18ClNO5. The van der Waals surface area contributed by atoms with Gasteiger partial charge in [0, 0.05) is 6.54 Å². The van der Waals surface area contributed by atoms with Gasteiger partial charge < -0.3 is 19.5 Å². The Morgan fingerprint density at radius 1 is 1.29 bits per heavy atom. The molecule has 1 N–H and O–H groups in total. The highest BCUT2D eigenvalue weighted by molar-refractivity contribution is 6.32. The number of ether oxygens (including phenoxy) is 3. The third kappa shape index (κ3) is 4.26. The number of carbonyl (C=O) groups is 2. The molecule has 1 aromatic rings. The van der Waals surface area contributed by atoms with Gasteiger partial charge in [-0.1, -0.05) is 11.6 Å². The Morgan fingerprint density at radius 3 is 2.48 bits per heavy atom. The molecule has 1 aromatic carbocycles. The van der Waals surface area contributed by atoms with Crippen LogP contribution in [-0.4, -0.2) is 38.7 Å². The first-order chi connectivity index (χ1) is 9.94. The van der Waals surface area contributed by atoms with Gasteiger partial charge in [-0.2, -0.15) is 0 Å². The van der Waals surface area contributed by atoms with Crippen LogP contribution in [0.3, 0.4) is 0 Å². The number of methoxy groups -OCH3 is 2. The molecular weight excluding hydrogens is 298 g/mol. The first-order valence-corrected chi connectivity index (χ1v) is 6.72. The van der Waals surface area contributed by atoms with E-state index < -0.39 is 12.1 Å². The number of nitrogens with one attached hydrogen (secondary N) is 1. The summed E-state index contributed by atoms with van der Waals surface area (Å²) in [6.07, 6.45) is -0.899. The van der Waals surface area contributed by atoms with Crippen molar-refractivity contribution in [1.82, 2.24) is 5.32 Å². The monoisotopic (exact) mass is 315 g/mol. The van der Waals surface area contributed by atoms with Gasteiger partial charge >= 0.3 is 5.97 Å². The molecule has 0 aliphatic heterocycles. The van der Waals surface area contributed by atoms with Gasteiger partial charge in [-0.15, -0.1) is 0 Å². The predicted octanol–water partition coefficient (Wildman–Crippen LogP) is 2.04. The quantitative estimate of drug-likeness (QED) is 0.813. The summed E-state index contributed by atoms with van der Waals surface area (Å²) in [5.41, 5.74) is 0.175. The molecule has 0 fully saturated rings. The molecule has 0 saturated heterocycles. The highest BCUT2D eigenvalue weighted by Crippen LogP contribution is 2.36. The Kier molecular flexibility index (Phi) is 6.30. The van der Waals surface area contributed by atoms with Crippen LogP contribution in [-0.2, 0) is 9.53 Å². The summed E-state index contributed by atoms with van der Waals surface area (Å²) in [6, 6.07) is 2.84. The zero-order valence-electron chi connectivity index (χ0n) is 12.4. The van der Waals surface area contributed by atoms with Crippen LogP contribution in [0.5, 0.6) is 11.5 Å². The van der Waals surface area contributed by atoms with Gasteiger partial charge in [0.25, 0.3) is 5.91 Å². The molecule has 116 valence electrons. The van der Waals surface area contributed by atoms with Crippen molar-refractivity contribution < 1.29 is 23.8 Å². The van der Waals surface area contributed by atoms with Gasteiger partial charge in [0.15, 0.2) is 17.6 Å². The Balaban J connectivity index is 2.93. The van der Waals surface area contributed by atoms with Crippen molar-refractivity contribution in [2.24, 2.45) is 0 Å². The number of hydrogen-bond donors (Lipinski definition) is 1. The van der Waals surface area contributed by atoms with Crippen LogP contribution in [0.15, 0.2) is 12.1 Å². The summed E-state index contributed by atoms with van der Waals surface area (Å²) >= 11 is 6.01. The van der Waals surface area contributed by atoms with Gasteiger partial charge in [-0.05, 0) is 26.0 Å². The van der Waals surface area contributed by atoms with Crippen LogP contribution in [0, 0.1) is 0 Å². The fourth-order valence-corrected chi connectivity index (χ4v) is 1.92. The average Bonchev–Trinajstić information content (AvgIpc) is 2.46. The second-order valence-electron chi connectivity index (χ2n) is 4.14. The maximum absolute atomic E-state index is 12.0. The van der Waals surface area contributed by atoms with E-state index in [0.717, 1.165) is 0 Å². The highest BCUT2D eigenvalue weighted by Gasteiger charge is 2.21. The van der Waals surface area contributed by atoms with E-state index in [0.29, 0.717) is 18.0 Å². The summed E-state index contributed by atoms with van der Waals surface area (Å²) in [5, 5.41) is 2.78. The zero-order chi connectivity index (χ0) is 16.0. The standard InChI is InChI=1S/C14H18ClNO5/c1-5-16-13(17)8(2)21-14(18)9-6-10(15)12(20-4)11(7-9)19-3/h6-8H,5H2,1-4H3,(H,16,17)/t8-/m0/s1. The number of hydrogen-bond acceptors (Lipinski definition) is 5. The maximum atomic E-state index is 12.0. The van der Waals surface area contributed by atoms with Crippen molar-refractivity contribution >= 4 is 23.5 Å². The zero-order valence-corrected chi connectivity index (χ0v) is 13.1. The molecule has 1 amide bonds.